The average molecular weight is 542 g/mol. The molecule has 0 unspecified atom stereocenters. The number of nitrogens with zero attached hydrogens (tertiary/aromatic N) is 7. The van der Waals surface area contributed by atoms with Crippen LogP contribution >= 0.6 is 0 Å². The van der Waals surface area contributed by atoms with Gasteiger partial charge in [0.25, 0.3) is 5.56 Å². The quantitative estimate of drug-likeness (QED) is 0.416. The van der Waals surface area contributed by atoms with Crippen molar-refractivity contribution in [1.29, 1.82) is 0 Å². The van der Waals surface area contributed by atoms with Gasteiger partial charge < -0.3 is 10.0 Å². The lowest BCUT2D eigenvalue weighted by Gasteiger charge is -2.39. The van der Waals surface area contributed by atoms with Crippen LogP contribution in [0.2, 0.25) is 0 Å². The maximum atomic E-state index is 13.2. The lowest BCUT2D eigenvalue weighted by atomic mass is 9.90. The molecule has 1 aliphatic carbocycles. The Morgan fingerprint density at radius 2 is 1.69 bits per heavy atom. The number of halogens is 3. The van der Waals surface area contributed by atoms with Crippen molar-refractivity contribution in [3.63, 3.8) is 0 Å². The van der Waals surface area contributed by atoms with E-state index < -0.39 is 17.3 Å². The number of rotatable bonds is 5. The summed E-state index contributed by atoms with van der Waals surface area (Å²) in [5.74, 6) is 0.140. The normalized spacial score (nSPS) is 18.4. The summed E-state index contributed by atoms with van der Waals surface area (Å²) in [6, 6.07) is 6.47. The molecule has 13 heteroatoms. The number of piperidine rings is 1. The first kappa shape index (κ1) is 25.3. The number of fused-ring (bicyclic) bond motifs is 1. The smallest absolute Gasteiger partial charge is 0.388 e. The highest BCUT2D eigenvalue weighted by atomic mass is 19.4. The average Bonchev–Trinajstić information content (AvgIpc) is 3.30. The van der Waals surface area contributed by atoms with E-state index in [9.17, 15) is 27.9 Å². The van der Waals surface area contributed by atoms with Crippen LogP contribution < -0.4 is 5.56 Å². The van der Waals surface area contributed by atoms with Gasteiger partial charge in [-0.3, -0.25) is 14.2 Å². The number of hydrogen-bond donors (Lipinski definition) is 1. The SMILES string of the molecule is CC1(C(=O)N2CCC(O)(Cn3cnc4c(cnn4-c4ccc(-n5cc(C(F)(F)F)cn5)cc4)c3=O)CC2)CC1. The number of hydrogen-bond acceptors (Lipinski definition) is 6. The summed E-state index contributed by atoms with van der Waals surface area (Å²) in [6.45, 7) is 2.91. The van der Waals surface area contributed by atoms with Gasteiger partial charge in [-0.15, -0.1) is 0 Å². The van der Waals surface area contributed by atoms with E-state index in [1.807, 2.05) is 11.8 Å². The summed E-state index contributed by atoms with van der Waals surface area (Å²) in [6.07, 6.45) is 2.50. The zero-order valence-corrected chi connectivity index (χ0v) is 21.1. The summed E-state index contributed by atoms with van der Waals surface area (Å²) in [5, 5.41) is 19.5. The molecule has 39 heavy (non-hydrogen) atoms. The Labute approximate surface area is 220 Å². The lowest BCUT2D eigenvalue weighted by Crippen LogP contribution is -2.51. The molecule has 204 valence electrons. The number of aromatic nitrogens is 6. The number of carbonyl (C=O) groups is 1. The van der Waals surface area contributed by atoms with E-state index in [0.717, 1.165) is 29.9 Å². The van der Waals surface area contributed by atoms with Gasteiger partial charge in [0.05, 0.1) is 41.5 Å². The van der Waals surface area contributed by atoms with E-state index in [-0.39, 0.29) is 28.8 Å². The van der Waals surface area contributed by atoms with Crippen LogP contribution in [-0.4, -0.2) is 63.7 Å². The Hall–Kier alpha value is -4.00. The zero-order valence-electron chi connectivity index (χ0n) is 21.1. The van der Waals surface area contributed by atoms with E-state index in [0.29, 0.717) is 43.0 Å². The molecule has 2 fully saturated rings. The monoisotopic (exact) mass is 541 g/mol. The number of alkyl halides is 3. The molecule has 0 radical (unpaired) electrons. The fraction of sp³-hybridized carbons (Fsp3) is 0.423. The predicted octanol–water partition coefficient (Wildman–Crippen LogP) is 2.94. The maximum Gasteiger partial charge on any atom is 0.419 e. The Kier molecular flexibility index (Phi) is 5.68. The third-order valence-corrected chi connectivity index (χ3v) is 7.79. The predicted molar refractivity (Wildman–Crippen MR) is 133 cm³/mol. The van der Waals surface area contributed by atoms with Crippen molar-refractivity contribution in [2.75, 3.05) is 13.1 Å². The highest BCUT2D eigenvalue weighted by molar-refractivity contribution is 5.85. The van der Waals surface area contributed by atoms with Crippen molar-refractivity contribution in [2.24, 2.45) is 5.41 Å². The second kappa shape index (κ2) is 8.76. The highest BCUT2D eigenvalue weighted by Crippen LogP contribution is 2.47. The second-order valence-corrected chi connectivity index (χ2v) is 10.7. The third-order valence-electron chi connectivity index (χ3n) is 7.79. The van der Waals surface area contributed by atoms with Gasteiger partial charge >= 0.3 is 6.18 Å². The van der Waals surface area contributed by atoms with Gasteiger partial charge in [0.1, 0.15) is 11.7 Å². The molecular weight excluding hydrogens is 515 g/mol. The number of amides is 1. The topological polar surface area (TPSA) is 111 Å². The number of benzene rings is 1. The first-order valence-electron chi connectivity index (χ1n) is 12.6. The van der Waals surface area contributed by atoms with Gasteiger partial charge in [-0.1, -0.05) is 6.92 Å². The minimum Gasteiger partial charge on any atom is -0.388 e. The molecule has 0 bridgehead atoms. The highest BCUT2D eigenvalue weighted by Gasteiger charge is 2.48. The van der Waals surface area contributed by atoms with Crippen molar-refractivity contribution < 1.29 is 23.1 Å². The van der Waals surface area contributed by atoms with Crippen LogP contribution in [0.25, 0.3) is 22.4 Å². The molecule has 1 saturated heterocycles. The first-order valence-corrected chi connectivity index (χ1v) is 12.6. The van der Waals surface area contributed by atoms with Crippen molar-refractivity contribution in [3.05, 3.63) is 65.1 Å². The lowest BCUT2D eigenvalue weighted by molar-refractivity contribution is -0.141. The molecule has 1 saturated carbocycles. The summed E-state index contributed by atoms with van der Waals surface area (Å²) < 4.78 is 42.6. The van der Waals surface area contributed by atoms with Crippen LogP contribution in [-0.2, 0) is 17.5 Å². The minimum atomic E-state index is -4.48. The molecule has 0 spiro atoms. The van der Waals surface area contributed by atoms with Crippen LogP contribution in [0.3, 0.4) is 0 Å². The van der Waals surface area contributed by atoms with Crippen molar-refractivity contribution in [2.45, 2.75) is 50.9 Å². The van der Waals surface area contributed by atoms with Crippen LogP contribution in [0, 0.1) is 5.41 Å². The molecule has 0 atom stereocenters. The summed E-state index contributed by atoms with van der Waals surface area (Å²) in [7, 11) is 0. The number of aliphatic hydroxyl groups is 1. The van der Waals surface area contributed by atoms with E-state index in [1.165, 1.54) is 21.8 Å². The van der Waals surface area contributed by atoms with Gasteiger partial charge in [-0.25, -0.2) is 14.3 Å². The van der Waals surface area contributed by atoms with Crippen molar-refractivity contribution >= 4 is 16.9 Å². The summed E-state index contributed by atoms with van der Waals surface area (Å²) in [5.41, 5.74) is -1.29. The standard InChI is InChI=1S/C26H26F3N7O3/c1-24(6-7-24)23(38)33-10-8-25(39,9-11-33)15-34-16-30-21-20(22(34)37)13-32-36(21)19-4-2-18(3-5-19)35-14-17(12-31-35)26(27,28)29/h2-5,12-14,16,39H,6-11,15H2,1H3. The fourth-order valence-electron chi connectivity index (χ4n) is 4.99. The van der Waals surface area contributed by atoms with Crippen LogP contribution in [0.4, 0.5) is 13.2 Å². The number of likely N-dealkylation sites (tertiary alicyclic amines) is 1. The van der Waals surface area contributed by atoms with Gasteiger partial charge in [0.2, 0.25) is 5.91 Å². The molecule has 4 heterocycles. The molecular formula is C26H26F3N7O3. The summed E-state index contributed by atoms with van der Waals surface area (Å²) >= 11 is 0. The van der Waals surface area contributed by atoms with E-state index >= 15 is 0 Å². The van der Waals surface area contributed by atoms with Gasteiger partial charge in [-0.05, 0) is 49.9 Å². The molecule has 1 N–H and O–H groups in total. The van der Waals surface area contributed by atoms with Crippen molar-refractivity contribution in [1.82, 2.24) is 34.0 Å². The maximum absolute atomic E-state index is 13.2. The Morgan fingerprint density at radius 3 is 2.31 bits per heavy atom. The molecule has 6 rings (SSSR count). The molecule has 1 amide bonds. The van der Waals surface area contributed by atoms with Gasteiger partial charge in [0, 0.05) is 24.7 Å². The second-order valence-electron chi connectivity index (χ2n) is 10.7. The van der Waals surface area contributed by atoms with Gasteiger partial charge in [-0.2, -0.15) is 23.4 Å². The molecule has 10 nitrogen and oxygen atoms in total. The molecule has 4 aromatic rings. The molecule has 1 aromatic carbocycles. The van der Waals surface area contributed by atoms with Crippen LogP contribution in [0.5, 0.6) is 0 Å². The zero-order chi connectivity index (χ0) is 27.6. The fourth-order valence-corrected chi connectivity index (χ4v) is 4.99. The largest absolute Gasteiger partial charge is 0.419 e. The van der Waals surface area contributed by atoms with E-state index in [1.54, 1.807) is 24.3 Å². The minimum absolute atomic E-state index is 0.0533. The third kappa shape index (κ3) is 4.60. The van der Waals surface area contributed by atoms with E-state index in [4.69, 9.17) is 0 Å². The molecule has 2 aliphatic rings. The first-order chi connectivity index (χ1) is 18.5. The van der Waals surface area contributed by atoms with E-state index in [2.05, 4.69) is 15.2 Å². The number of carbonyl (C=O) groups excluding carboxylic acids is 1. The summed E-state index contributed by atoms with van der Waals surface area (Å²) in [4.78, 5) is 32.1. The van der Waals surface area contributed by atoms with Gasteiger partial charge in [0.15, 0.2) is 5.65 Å². The Morgan fingerprint density at radius 1 is 1.03 bits per heavy atom. The van der Waals surface area contributed by atoms with Crippen molar-refractivity contribution in [3.8, 4) is 11.4 Å². The Balaban J connectivity index is 1.19. The Bertz CT molecular complexity index is 1610. The molecule has 1 aliphatic heterocycles. The van der Waals surface area contributed by atoms with Crippen LogP contribution in [0.1, 0.15) is 38.2 Å². The molecule has 3 aromatic heterocycles. The van der Waals surface area contributed by atoms with Crippen LogP contribution in [0.15, 0.2) is 54.0 Å².